The summed E-state index contributed by atoms with van der Waals surface area (Å²) in [4.78, 5) is 17.8. The monoisotopic (exact) mass is 518 g/mol. The molecular weight excluding hydrogens is 492 g/mol. The Morgan fingerprint density at radius 2 is 1.97 bits per heavy atom. The van der Waals surface area contributed by atoms with Crippen molar-refractivity contribution >= 4 is 56.0 Å². The van der Waals surface area contributed by atoms with Crippen LogP contribution in [-0.2, 0) is 21.4 Å². The zero-order valence-electron chi connectivity index (χ0n) is 18.9. The summed E-state index contributed by atoms with van der Waals surface area (Å²) in [7, 11) is -3.64. The molecule has 2 aromatic carbocycles. The highest BCUT2D eigenvalue weighted by Gasteiger charge is 2.27. The first-order valence-corrected chi connectivity index (χ1v) is 13.8. The number of amides is 1. The number of rotatable bonds is 8. The Bertz CT molecular complexity index is 1320. The molecule has 1 saturated heterocycles. The van der Waals surface area contributed by atoms with Crippen molar-refractivity contribution in [2.75, 3.05) is 18.4 Å². The molecular formula is C24H27ClN4O3S2. The summed E-state index contributed by atoms with van der Waals surface area (Å²) in [6, 6.07) is 12.2. The average molecular weight is 519 g/mol. The second-order valence-electron chi connectivity index (χ2n) is 8.14. The third-order valence-electron chi connectivity index (χ3n) is 5.73. The molecule has 1 aliphatic rings. The fourth-order valence-electron chi connectivity index (χ4n) is 3.91. The maximum absolute atomic E-state index is 13.0. The van der Waals surface area contributed by atoms with E-state index in [1.54, 1.807) is 13.0 Å². The van der Waals surface area contributed by atoms with E-state index in [0.717, 1.165) is 30.3 Å². The molecule has 1 amide bonds. The highest BCUT2D eigenvalue weighted by molar-refractivity contribution is 8.00. The zero-order chi connectivity index (χ0) is 24.3. The number of halogens is 1. The van der Waals surface area contributed by atoms with Crippen molar-refractivity contribution in [3.8, 4) is 0 Å². The maximum atomic E-state index is 13.0. The predicted molar refractivity (Wildman–Crippen MR) is 138 cm³/mol. The summed E-state index contributed by atoms with van der Waals surface area (Å²) in [6.45, 7) is 7.18. The molecule has 2 heterocycles. The summed E-state index contributed by atoms with van der Waals surface area (Å²) < 4.78 is 29.6. The Hall–Kier alpha value is -2.33. The van der Waals surface area contributed by atoms with Crippen LogP contribution in [0, 0.1) is 0 Å². The van der Waals surface area contributed by atoms with E-state index in [9.17, 15) is 13.2 Å². The van der Waals surface area contributed by atoms with E-state index < -0.39 is 15.3 Å². The van der Waals surface area contributed by atoms with Crippen LogP contribution in [0.2, 0.25) is 5.02 Å². The summed E-state index contributed by atoms with van der Waals surface area (Å²) in [6.07, 6.45) is 4.52. The van der Waals surface area contributed by atoms with Gasteiger partial charge in [-0.05, 0) is 50.1 Å². The largest absolute Gasteiger partial charge is 0.324 e. The molecule has 10 heteroatoms. The van der Waals surface area contributed by atoms with E-state index in [1.165, 1.54) is 34.3 Å². The fraction of sp³-hybridized carbons (Fsp3) is 0.333. The number of fused-ring (bicyclic) bond motifs is 1. The number of para-hydroxylation sites is 2. The molecule has 1 fully saturated rings. The Morgan fingerprint density at radius 1 is 1.24 bits per heavy atom. The van der Waals surface area contributed by atoms with Crippen LogP contribution in [0.15, 0.2) is 65.2 Å². The second-order valence-corrected chi connectivity index (χ2v) is 11.8. The number of allylic oxidation sites excluding steroid dienone is 1. The Morgan fingerprint density at radius 3 is 2.71 bits per heavy atom. The van der Waals surface area contributed by atoms with Crippen molar-refractivity contribution in [1.82, 2.24) is 13.9 Å². The smallest absolute Gasteiger partial charge is 0.243 e. The molecule has 4 rings (SSSR count). The number of thioether (sulfide) groups is 1. The number of nitrogens with zero attached hydrogens (tertiary/aromatic N) is 3. The van der Waals surface area contributed by atoms with Gasteiger partial charge in [0.25, 0.3) is 0 Å². The first-order chi connectivity index (χ1) is 16.3. The minimum Gasteiger partial charge on any atom is -0.324 e. The van der Waals surface area contributed by atoms with Gasteiger partial charge in [-0.25, -0.2) is 13.4 Å². The normalized spacial score (nSPS) is 15.8. The molecule has 1 aliphatic heterocycles. The van der Waals surface area contributed by atoms with E-state index in [4.69, 9.17) is 11.6 Å². The van der Waals surface area contributed by atoms with Gasteiger partial charge in [0.15, 0.2) is 5.16 Å². The summed E-state index contributed by atoms with van der Waals surface area (Å²) in [5.41, 5.74) is 2.09. The SMILES string of the molecule is C=CCn1c(SC(C)C(=O)Nc2cc(S(=O)(=O)N3CCCCC3)ccc2Cl)nc2ccccc21. The molecule has 0 saturated carbocycles. The standard InChI is InChI=1S/C24H27ClN4O3S2/c1-3-13-29-22-10-6-5-9-20(22)27-24(29)33-17(2)23(30)26-21-16-18(11-12-19(21)25)34(31,32)28-14-7-4-8-15-28/h3,5-6,9-12,16-17H,1,4,7-8,13-15H2,2H3,(H,26,30). The first kappa shape index (κ1) is 24.8. The fourth-order valence-corrected chi connectivity index (χ4v) is 6.55. The number of hydrogen-bond donors (Lipinski definition) is 1. The molecule has 1 N–H and O–H groups in total. The number of carbonyl (C=O) groups is 1. The van der Waals surface area contributed by atoms with Crippen molar-refractivity contribution in [3.05, 3.63) is 60.1 Å². The van der Waals surface area contributed by atoms with E-state index in [-0.39, 0.29) is 21.5 Å². The minimum atomic E-state index is -3.64. The number of carbonyl (C=O) groups excluding carboxylic acids is 1. The molecule has 1 unspecified atom stereocenters. The summed E-state index contributed by atoms with van der Waals surface area (Å²) in [5.74, 6) is -0.295. The summed E-state index contributed by atoms with van der Waals surface area (Å²) in [5, 5.41) is 3.28. The molecule has 0 radical (unpaired) electrons. The maximum Gasteiger partial charge on any atom is 0.243 e. The van der Waals surface area contributed by atoms with Crippen LogP contribution in [0.5, 0.6) is 0 Å². The highest BCUT2D eigenvalue weighted by atomic mass is 35.5. The van der Waals surface area contributed by atoms with Crippen molar-refractivity contribution in [3.63, 3.8) is 0 Å². The average Bonchev–Trinajstić information content (AvgIpc) is 3.18. The van der Waals surface area contributed by atoms with Crippen molar-refractivity contribution < 1.29 is 13.2 Å². The predicted octanol–water partition coefficient (Wildman–Crippen LogP) is 5.17. The van der Waals surface area contributed by atoms with E-state index in [0.29, 0.717) is 24.8 Å². The number of aromatic nitrogens is 2. The highest BCUT2D eigenvalue weighted by Crippen LogP contribution is 2.31. The number of sulfonamides is 1. The van der Waals surface area contributed by atoms with Gasteiger partial charge in [0.1, 0.15) is 0 Å². The molecule has 1 atom stereocenters. The third-order valence-corrected chi connectivity index (χ3v) is 9.05. The number of nitrogens with one attached hydrogen (secondary N) is 1. The minimum absolute atomic E-state index is 0.127. The van der Waals surface area contributed by atoms with Crippen LogP contribution >= 0.6 is 23.4 Å². The van der Waals surface area contributed by atoms with E-state index >= 15 is 0 Å². The van der Waals surface area contributed by atoms with Crippen molar-refractivity contribution in [2.24, 2.45) is 0 Å². The van der Waals surface area contributed by atoms with Crippen LogP contribution in [0.4, 0.5) is 5.69 Å². The van der Waals surface area contributed by atoms with Gasteiger partial charge in [0, 0.05) is 19.6 Å². The van der Waals surface area contributed by atoms with E-state index in [2.05, 4.69) is 16.9 Å². The number of piperidine rings is 1. The molecule has 0 spiro atoms. The number of hydrogen-bond acceptors (Lipinski definition) is 5. The van der Waals surface area contributed by atoms with Gasteiger partial charge in [0.2, 0.25) is 15.9 Å². The molecule has 3 aromatic rings. The zero-order valence-corrected chi connectivity index (χ0v) is 21.3. The Labute approximate surface area is 209 Å². The Kier molecular flexibility index (Phi) is 7.67. The van der Waals surface area contributed by atoms with Crippen molar-refractivity contribution in [1.29, 1.82) is 0 Å². The molecule has 7 nitrogen and oxygen atoms in total. The van der Waals surface area contributed by atoms with E-state index in [1.807, 2.05) is 28.8 Å². The molecule has 0 bridgehead atoms. The molecule has 1 aromatic heterocycles. The van der Waals surface area contributed by atoms with Crippen LogP contribution in [-0.4, -0.2) is 46.5 Å². The van der Waals surface area contributed by atoms with Gasteiger partial charge in [-0.2, -0.15) is 4.31 Å². The number of imidazole rings is 1. The lowest BCUT2D eigenvalue weighted by Gasteiger charge is -2.26. The lowest BCUT2D eigenvalue weighted by molar-refractivity contribution is -0.115. The van der Waals surface area contributed by atoms with Gasteiger partial charge in [0.05, 0.1) is 31.9 Å². The van der Waals surface area contributed by atoms with Gasteiger partial charge in [-0.1, -0.05) is 48.0 Å². The second kappa shape index (κ2) is 10.5. The quantitative estimate of drug-likeness (QED) is 0.328. The van der Waals surface area contributed by atoms with Gasteiger partial charge >= 0.3 is 0 Å². The molecule has 0 aliphatic carbocycles. The third kappa shape index (κ3) is 5.17. The summed E-state index contributed by atoms with van der Waals surface area (Å²) >= 11 is 7.63. The van der Waals surface area contributed by atoms with Crippen LogP contribution in [0.25, 0.3) is 11.0 Å². The van der Waals surface area contributed by atoms with Gasteiger partial charge < -0.3 is 9.88 Å². The topological polar surface area (TPSA) is 84.3 Å². The van der Waals surface area contributed by atoms with Crippen LogP contribution < -0.4 is 5.32 Å². The number of anilines is 1. The van der Waals surface area contributed by atoms with Crippen molar-refractivity contribution in [2.45, 2.75) is 48.0 Å². The first-order valence-electron chi connectivity index (χ1n) is 11.1. The lowest BCUT2D eigenvalue weighted by atomic mass is 10.2. The van der Waals surface area contributed by atoms with Gasteiger partial charge in [-0.3, -0.25) is 4.79 Å². The molecule has 180 valence electrons. The van der Waals surface area contributed by atoms with Crippen LogP contribution in [0.1, 0.15) is 26.2 Å². The Balaban J connectivity index is 1.53. The van der Waals surface area contributed by atoms with Gasteiger partial charge in [-0.15, -0.1) is 6.58 Å². The molecule has 34 heavy (non-hydrogen) atoms. The number of benzene rings is 2. The van der Waals surface area contributed by atoms with Crippen LogP contribution in [0.3, 0.4) is 0 Å². The lowest BCUT2D eigenvalue weighted by Crippen LogP contribution is -2.35.